The fourth-order valence-electron chi connectivity index (χ4n) is 2.77. The SMILES string of the molecule is O=C(O)CN(Cc1ccccc1)C(=O)[C@H]1COc2ccccc21. The van der Waals surface area contributed by atoms with Crippen LogP contribution in [-0.2, 0) is 16.1 Å². The van der Waals surface area contributed by atoms with Gasteiger partial charge in [0, 0.05) is 12.1 Å². The number of amides is 1. The second kappa shape index (κ2) is 6.52. The molecular weight excluding hydrogens is 294 g/mol. The Balaban J connectivity index is 1.82. The lowest BCUT2D eigenvalue weighted by atomic mass is 9.99. The number of nitrogens with zero attached hydrogens (tertiary/aromatic N) is 1. The number of rotatable bonds is 5. The van der Waals surface area contributed by atoms with Gasteiger partial charge in [-0.1, -0.05) is 48.5 Å². The van der Waals surface area contributed by atoms with E-state index in [1.165, 1.54) is 4.90 Å². The molecule has 5 nitrogen and oxygen atoms in total. The molecule has 0 fully saturated rings. The Morgan fingerprint density at radius 3 is 2.52 bits per heavy atom. The highest BCUT2D eigenvalue weighted by atomic mass is 16.5. The van der Waals surface area contributed by atoms with Gasteiger partial charge in [-0.25, -0.2) is 0 Å². The van der Waals surface area contributed by atoms with E-state index < -0.39 is 11.9 Å². The van der Waals surface area contributed by atoms with E-state index in [1.807, 2.05) is 54.6 Å². The van der Waals surface area contributed by atoms with Crippen LogP contribution in [0, 0.1) is 0 Å². The Morgan fingerprint density at radius 1 is 1.09 bits per heavy atom. The number of fused-ring (bicyclic) bond motifs is 1. The monoisotopic (exact) mass is 311 g/mol. The van der Waals surface area contributed by atoms with Crippen molar-refractivity contribution in [2.75, 3.05) is 13.2 Å². The van der Waals surface area contributed by atoms with Crippen molar-refractivity contribution in [1.29, 1.82) is 0 Å². The first-order valence-corrected chi connectivity index (χ1v) is 7.41. The third kappa shape index (κ3) is 3.34. The van der Waals surface area contributed by atoms with Crippen molar-refractivity contribution >= 4 is 11.9 Å². The van der Waals surface area contributed by atoms with E-state index in [2.05, 4.69) is 0 Å². The normalized spacial score (nSPS) is 15.6. The second-order valence-corrected chi connectivity index (χ2v) is 5.48. The zero-order valence-corrected chi connectivity index (χ0v) is 12.5. The maximum Gasteiger partial charge on any atom is 0.323 e. The Hall–Kier alpha value is -2.82. The van der Waals surface area contributed by atoms with E-state index in [0.717, 1.165) is 11.1 Å². The molecular formula is C18H17NO4. The van der Waals surface area contributed by atoms with Crippen LogP contribution in [0.4, 0.5) is 0 Å². The number of carboxylic acids is 1. The smallest absolute Gasteiger partial charge is 0.323 e. The molecule has 1 heterocycles. The van der Waals surface area contributed by atoms with Gasteiger partial charge in [-0.05, 0) is 11.6 Å². The maximum atomic E-state index is 12.8. The Kier molecular flexibility index (Phi) is 4.28. The fraction of sp³-hybridized carbons (Fsp3) is 0.222. The standard InChI is InChI=1S/C18H17NO4/c20-17(21)11-19(10-13-6-2-1-3-7-13)18(22)15-12-23-16-9-5-4-8-14(15)16/h1-9,15H,10-12H2,(H,20,21)/t15-/m0/s1. The number of carbonyl (C=O) groups is 2. The largest absolute Gasteiger partial charge is 0.492 e. The molecule has 2 aromatic rings. The van der Waals surface area contributed by atoms with Crippen molar-refractivity contribution in [3.63, 3.8) is 0 Å². The number of hydrogen-bond donors (Lipinski definition) is 1. The fourth-order valence-corrected chi connectivity index (χ4v) is 2.77. The van der Waals surface area contributed by atoms with Crippen molar-refractivity contribution < 1.29 is 19.4 Å². The van der Waals surface area contributed by atoms with Gasteiger partial charge in [0.1, 0.15) is 24.8 Å². The summed E-state index contributed by atoms with van der Waals surface area (Å²) in [6.45, 7) is 0.195. The number of carbonyl (C=O) groups excluding carboxylic acids is 1. The molecule has 0 bridgehead atoms. The van der Waals surface area contributed by atoms with Crippen molar-refractivity contribution in [1.82, 2.24) is 4.90 Å². The van der Waals surface area contributed by atoms with E-state index in [-0.39, 0.29) is 25.6 Å². The van der Waals surface area contributed by atoms with Gasteiger partial charge in [-0.2, -0.15) is 0 Å². The van der Waals surface area contributed by atoms with Crippen LogP contribution in [0.1, 0.15) is 17.0 Å². The minimum atomic E-state index is -1.03. The summed E-state index contributed by atoms with van der Waals surface area (Å²) in [7, 11) is 0. The summed E-state index contributed by atoms with van der Waals surface area (Å²) in [6, 6.07) is 16.8. The van der Waals surface area contributed by atoms with Crippen molar-refractivity contribution in [3.8, 4) is 5.75 Å². The van der Waals surface area contributed by atoms with Gasteiger partial charge in [0.2, 0.25) is 5.91 Å². The third-order valence-corrected chi connectivity index (χ3v) is 3.85. The van der Waals surface area contributed by atoms with Crippen molar-refractivity contribution in [3.05, 3.63) is 65.7 Å². The molecule has 0 unspecified atom stereocenters. The number of ether oxygens (including phenoxy) is 1. The molecule has 0 saturated heterocycles. The van der Waals surface area contributed by atoms with Crippen LogP contribution in [0.5, 0.6) is 5.75 Å². The maximum absolute atomic E-state index is 12.8. The van der Waals surface area contributed by atoms with E-state index in [1.54, 1.807) is 0 Å². The number of benzene rings is 2. The van der Waals surface area contributed by atoms with Gasteiger partial charge in [0.25, 0.3) is 0 Å². The Bertz CT molecular complexity index is 714. The molecule has 0 radical (unpaired) electrons. The Morgan fingerprint density at radius 2 is 1.78 bits per heavy atom. The highest BCUT2D eigenvalue weighted by Crippen LogP contribution is 2.34. The first-order valence-electron chi connectivity index (χ1n) is 7.41. The topological polar surface area (TPSA) is 66.8 Å². The predicted molar refractivity (Wildman–Crippen MR) is 84.2 cm³/mol. The average molecular weight is 311 g/mol. The lowest BCUT2D eigenvalue weighted by Crippen LogP contribution is -2.38. The van der Waals surface area contributed by atoms with Gasteiger partial charge < -0.3 is 14.7 Å². The van der Waals surface area contributed by atoms with Crippen molar-refractivity contribution in [2.24, 2.45) is 0 Å². The number of hydrogen-bond acceptors (Lipinski definition) is 3. The quantitative estimate of drug-likeness (QED) is 0.920. The van der Waals surface area contributed by atoms with Crippen LogP contribution < -0.4 is 4.74 Å². The molecule has 5 heteroatoms. The summed E-state index contributed by atoms with van der Waals surface area (Å²) >= 11 is 0. The van der Waals surface area contributed by atoms with Crippen LogP contribution in [0.15, 0.2) is 54.6 Å². The van der Waals surface area contributed by atoms with Gasteiger partial charge in [-0.3, -0.25) is 9.59 Å². The van der Waals surface area contributed by atoms with Gasteiger partial charge in [0.15, 0.2) is 0 Å². The summed E-state index contributed by atoms with van der Waals surface area (Å²) in [4.78, 5) is 25.3. The highest BCUT2D eigenvalue weighted by Gasteiger charge is 2.33. The first kappa shape index (κ1) is 15.1. The molecule has 1 N–H and O–H groups in total. The summed E-state index contributed by atoms with van der Waals surface area (Å²) in [5, 5.41) is 9.12. The number of para-hydroxylation sites is 1. The highest BCUT2D eigenvalue weighted by molar-refractivity contribution is 5.88. The van der Waals surface area contributed by atoms with Gasteiger partial charge >= 0.3 is 5.97 Å². The van der Waals surface area contributed by atoms with Crippen LogP contribution in [0.3, 0.4) is 0 Å². The molecule has 1 amide bonds. The van der Waals surface area contributed by atoms with Crippen LogP contribution in [-0.4, -0.2) is 35.0 Å². The lowest BCUT2D eigenvalue weighted by Gasteiger charge is -2.23. The summed E-state index contributed by atoms with van der Waals surface area (Å²) < 4.78 is 5.54. The minimum Gasteiger partial charge on any atom is -0.492 e. The molecule has 3 rings (SSSR count). The van der Waals surface area contributed by atoms with E-state index in [9.17, 15) is 9.59 Å². The molecule has 0 aliphatic carbocycles. The lowest BCUT2D eigenvalue weighted by molar-refractivity contribution is -0.145. The van der Waals surface area contributed by atoms with E-state index >= 15 is 0 Å². The molecule has 1 aliphatic heterocycles. The van der Waals surface area contributed by atoms with Crippen LogP contribution >= 0.6 is 0 Å². The summed E-state index contributed by atoms with van der Waals surface area (Å²) in [5.74, 6) is -1.00. The zero-order chi connectivity index (χ0) is 16.2. The molecule has 23 heavy (non-hydrogen) atoms. The second-order valence-electron chi connectivity index (χ2n) is 5.48. The molecule has 0 aromatic heterocycles. The summed E-state index contributed by atoms with van der Waals surface area (Å²) in [5.41, 5.74) is 1.72. The number of aliphatic carboxylic acids is 1. The number of carboxylic acid groups (broad SMARTS) is 1. The molecule has 0 saturated carbocycles. The third-order valence-electron chi connectivity index (χ3n) is 3.85. The van der Waals surface area contributed by atoms with Crippen molar-refractivity contribution in [2.45, 2.75) is 12.5 Å². The molecule has 118 valence electrons. The van der Waals surface area contributed by atoms with Crippen LogP contribution in [0.25, 0.3) is 0 Å². The average Bonchev–Trinajstić information content (AvgIpc) is 2.98. The van der Waals surface area contributed by atoms with E-state index in [0.29, 0.717) is 5.75 Å². The minimum absolute atomic E-state index is 0.221. The summed E-state index contributed by atoms with van der Waals surface area (Å²) in [6.07, 6.45) is 0. The zero-order valence-electron chi connectivity index (χ0n) is 12.5. The van der Waals surface area contributed by atoms with Crippen LogP contribution in [0.2, 0.25) is 0 Å². The van der Waals surface area contributed by atoms with E-state index in [4.69, 9.17) is 9.84 Å². The van der Waals surface area contributed by atoms with Gasteiger partial charge in [-0.15, -0.1) is 0 Å². The van der Waals surface area contributed by atoms with Gasteiger partial charge in [0.05, 0.1) is 0 Å². The first-order chi connectivity index (χ1) is 11.1. The Labute approximate surface area is 134 Å². The molecule has 2 aromatic carbocycles. The molecule has 1 atom stereocenters. The molecule has 0 spiro atoms. The predicted octanol–water partition coefficient (Wildman–Crippen LogP) is 2.28. The molecule has 1 aliphatic rings.